The molecular formula is C29H48O. The van der Waals surface area contributed by atoms with Gasteiger partial charge in [-0.3, -0.25) is 0 Å². The summed E-state index contributed by atoms with van der Waals surface area (Å²) in [5.74, 6) is 5.37. The Morgan fingerprint density at radius 1 is 0.900 bits per heavy atom. The molecule has 0 aromatic heterocycles. The summed E-state index contributed by atoms with van der Waals surface area (Å²) < 4.78 is 0. The average Bonchev–Trinajstić information content (AvgIpc) is 3.08. The molecule has 4 saturated carbocycles. The molecule has 0 amide bonds. The van der Waals surface area contributed by atoms with Crippen molar-refractivity contribution in [3.63, 3.8) is 0 Å². The molecule has 4 fully saturated rings. The van der Waals surface area contributed by atoms with Gasteiger partial charge < -0.3 is 5.11 Å². The van der Waals surface area contributed by atoms with Crippen molar-refractivity contribution in [1.29, 1.82) is 0 Å². The minimum Gasteiger partial charge on any atom is -0.381 e. The van der Waals surface area contributed by atoms with Gasteiger partial charge in [0.15, 0.2) is 0 Å². The topological polar surface area (TPSA) is 20.2 Å². The van der Waals surface area contributed by atoms with Crippen LogP contribution >= 0.6 is 0 Å². The second-order valence-electron chi connectivity index (χ2n) is 12.6. The van der Waals surface area contributed by atoms with Crippen LogP contribution in [-0.2, 0) is 0 Å². The van der Waals surface area contributed by atoms with E-state index in [-0.39, 0.29) is 5.92 Å². The molecule has 1 unspecified atom stereocenters. The Morgan fingerprint density at radius 3 is 2.33 bits per heavy atom. The summed E-state index contributed by atoms with van der Waals surface area (Å²) in [7, 11) is 0. The Morgan fingerprint density at radius 2 is 1.63 bits per heavy atom. The fourth-order valence-corrected chi connectivity index (χ4v) is 9.14. The summed E-state index contributed by atoms with van der Waals surface area (Å²) in [4.78, 5) is 0. The maximum absolute atomic E-state index is 10.9. The Labute approximate surface area is 186 Å². The molecule has 0 radical (unpaired) electrons. The molecular weight excluding hydrogens is 364 g/mol. The number of hydrogen-bond donors (Lipinski definition) is 1. The molecule has 170 valence electrons. The van der Waals surface area contributed by atoms with Gasteiger partial charge in [0.1, 0.15) is 5.60 Å². The van der Waals surface area contributed by atoms with E-state index < -0.39 is 5.60 Å². The Kier molecular flexibility index (Phi) is 6.10. The molecule has 0 aliphatic heterocycles. The van der Waals surface area contributed by atoms with Crippen LogP contribution in [0.25, 0.3) is 0 Å². The summed E-state index contributed by atoms with van der Waals surface area (Å²) in [6.45, 7) is 15.8. The van der Waals surface area contributed by atoms with Crippen molar-refractivity contribution in [2.75, 3.05) is 0 Å². The molecule has 1 N–H and O–H groups in total. The first-order valence-electron chi connectivity index (χ1n) is 13.2. The summed E-state index contributed by atoms with van der Waals surface area (Å²) in [6, 6.07) is 0. The molecule has 0 heterocycles. The number of allylic oxidation sites excluding steroid dienone is 1. The molecule has 30 heavy (non-hydrogen) atoms. The summed E-state index contributed by atoms with van der Waals surface area (Å²) in [6.07, 6.45) is 20.8. The van der Waals surface area contributed by atoms with E-state index in [1.807, 2.05) is 6.08 Å². The van der Waals surface area contributed by atoms with Gasteiger partial charge in [-0.15, -0.1) is 0 Å². The number of aliphatic hydroxyl groups is 1. The minimum absolute atomic E-state index is 0.159. The lowest BCUT2D eigenvalue weighted by Gasteiger charge is -2.60. The Bertz CT molecular complexity index is 663. The molecule has 4 rings (SSSR count). The molecule has 9 atom stereocenters. The van der Waals surface area contributed by atoms with Gasteiger partial charge in [-0.1, -0.05) is 72.3 Å². The molecule has 1 nitrogen and oxygen atoms in total. The predicted molar refractivity (Wildman–Crippen MR) is 128 cm³/mol. The smallest absolute Gasteiger partial charge is 0.103 e. The van der Waals surface area contributed by atoms with E-state index >= 15 is 0 Å². The van der Waals surface area contributed by atoms with E-state index in [1.165, 1.54) is 64.2 Å². The number of hydrogen-bond acceptors (Lipinski definition) is 1. The molecule has 1 heteroatoms. The first-order chi connectivity index (χ1) is 14.2. The van der Waals surface area contributed by atoms with Gasteiger partial charge in [0.25, 0.3) is 0 Å². The van der Waals surface area contributed by atoms with Crippen molar-refractivity contribution < 1.29 is 5.11 Å². The van der Waals surface area contributed by atoms with Gasteiger partial charge in [-0.25, -0.2) is 0 Å². The molecule has 0 bridgehead atoms. The monoisotopic (exact) mass is 412 g/mol. The highest BCUT2D eigenvalue weighted by Gasteiger charge is 2.59. The van der Waals surface area contributed by atoms with Crippen LogP contribution in [-0.4, -0.2) is 10.7 Å². The third kappa shape index (κ3) is 3.46. The normalized spacial score (nSPS) is 46.7. The van der Waals surface area contributed by atoms with Crippen LogP contribution in [0.3, 0.4) is 0 Å². The molecule has 4 aliphatic rings. The summed E-state index contributed by atoms with van der Waals surface area (Å²) >= 11 is 0. The van der Waals surface area contributed by atoms with Crippen molar-refractivity contribution in [2.24, 2.45) is 52.3 Å². The van der Waals surface area contributed by atoms with E-state index in [9.17, 15) is 5.11 Å². The lowest BCUT2D eigenvalue weighted by molar-refractivity contribution is -0.113. The van der Waals surface area contributed by atoms with E-state index in [1.54, 1.807) is 6.08 Å². The standard InChI is InChI=1S/C29H48O/c1-7-29(30,20(2)3)19-15-21(4)24-13-14-25-23-12-11-22-10-8-9-17-27(22,5)26(23)16-18-28(24,25)6/h7,15,19-26,30H,1,8-14,16-18H2,2-6H3/t21-,22?,23+,24-,25+,26+,27+,28-,29+/m1/s1. The average molecular weight is 413 g/mol. The van der Waals surface area contributed by atoms with Crippen molar-refractivity contribution in [3.05, 3.63) is 24.8 Å². The van der Waals surface area contributed by atoms with Crippen molar-refractivity contribution in [3.8, 4) is 0 Å². The van der Waals surface area contributed by atoms with Gasteiger partial charge >= 0.3 is 0 Å². The molecule has 4 aliphatic carbocycles. The summed E-state index contributed by atoms with van der Waals surface area (Å²) in [5, 5.41) is 10.9. The highest BCUT2D eigenvalue weighted by molar-refractivity contribution is 5.16. The van der Waals surface area contributed by atoms with Gasteiger partial charge in [0.2, 0.25) is 0 Å². The van der Waals surface area contributed by atoms with E-state index in [2.05, 4.69) is 47.3 Å². The number of rotatable bonds is 5. The van der Waals surface area contributed by atoms with Crippen LogP contribution in [0.15, 0.2) is 24.8 Å². The second kappa shape index (κ2) is 8.09. The van der Waals surface area contributed by atoms with Crippen LogP contribution < -0.4 is 0 Å². The Balaban J connectivity index is 1.52. The fourth-order valence-electron chi connectivity index (χ4n) is 9.14. The van der Waals surface area contributed by atoms with E-state index in [0.29, 0.717) is 16.7 Å². The minimum atomic E-state index is -0.876. The van der Waals surface area contributed by atoms with Gasteiger partial charge in [0.05, 0.1) is 0 Å². The van der Waals surface area contributed by atoms with Crippen LogP contribution in [0.2, 0.25) is 0 Å². The van der Waals surface area contributed by atoms with Gasteiger partial charge in [-0.2, -0.15) is 0 Å². The SMILES string of the molecule is C=C[C@](O)(C=C[C@@H](C)[C@H]1CC[C@H]2[C@@H]3CCC4CCCC[C@]4(C)[C@H]3CC[C@]12C)C(C)C. The molecule has 0 aromatic rings. The quantitative estimate of drug-likeness (QED) is 0.457. The van der Waals surface area contributed by atoms with Gasteiger partial charge in [-0.05, 0) is 104 Å². The van der Waals surface area contributed by atoms with Crippen LogP contribution in [0.4, 0.5) is 0 Å². The molecule has 0 saturated heterocycles. The predicted octanol–water partition coefficient (Wildman–Crippen LogP) is 7.80. The zero-order valence-electron chi connectivity index (χ0n) is 20.5. The zero-order valence-corrected chi connectivity index (χ0v) is 20.5. The Hall–Kier alpha value is -0.560. The highest BCUT2D eigenvalue weighted by Crippen LogP contribution is 2.68. The number of fused-ring (bicyclic) bond motifs is 5. The van der Waals surface area contributed by atoms with Gasteiger partial charge in [0, 0.05) is 0 Å². The fraction of sp³-hybridized carbons (Fsp3) is 0.862. The van der Waals surface area contributed by atoms with Crippen LogP contribution in [0.1, 0.15) is 98.8 Å². The third-order valence-electron chi connectivity index (χ3n) is 11.2. The van der Waals surface area contributed by atoms with E-state index in [4.69, 9.17) is 0 Å². The highest BCUT2D eigenvalue weighted by atomic mass is 16.3. The largest absolute Gasteiger partial charge is 0.381 e. The first kappa shape index (κ1) is 22.6. The van der Waals surface area contributed by atoms with Crippen molar-refractivity contribution in [1.82, 2.24) is 0 Å². The zero-order chi connectivity index (χ0) is 21.7. The first-order valence-corrected chi connectivity index (χ1v) is 13.2. The van der Waals surface area contributed by atoms with Crippen molar-refractivity contribution >= 4 is 0 Å². The maximum atomic E-state index is 10.9. The van der Waals surface area contributed by atoms with E-state index in [0.717, 1.165) is 29.6 Å². The van der Waals surface area contributed by atoms with Crippen LogP contribution in [0.5, 0.6) is 0 Å². The van der Waals surface area contributed by atoms with Crippen LogP contribution in [0, 0.1) is 52.3 Å². The second-order valence-corrected chi connectivity index (χ2v) is 12.6. The lowest BCUT2D eigenvalue weighted by atomic mass is 9.44. The summed E-state index contributed by atoms with van der Waals surface area (Å²) in [5.41, 5.74) is 0.259. The molecule has 0 aromatic carbocycles. The lowest BCUT2D eigenvalue weighted by Crippen LogP contribution is -2.53. The maximum Gasteiger partial charge on any atom is 0.103 e. The van der Waals surface area contributed by atoms with Crippen molar-refractivity contribution in [2.45, 2.75) is 104 Å². The third-order valence-corrected chi connectivity index (χ3v) is 11.2. The molecule has 0 spiro atoms.